The van der Waals surface area contributed by atoms with Crippen LogP contribution in [0.3, 0.4) is 0 Å². The van der Waals surface area contributed by atoms with Crippen molar-refractivity contribution in [3.05, 3.63) is 42.5 Å². The van der Waals surface area contributed by atoms with Gasteiger partial charge in [0.05, 0.1) is 12.0 Å². The fraction of sp³-hybridized carbons (Fsp3) is 0.474. The highest BCUT2D eigenvalue weighted by atomic mass is 35.5. The number of halogens is 2. The van der Waals surface area contributed by atoms with E-state index in [4.69, 9.17) is 9.47 Å². The summed E-state index contributed by atoms with van der Waals surface area (Å²) in [5, 5.41) is 6.32. The second-order valence-corrected chi connectivity index (χ2v) is 6.68. The fourth-order valence-electron chi connectivity index (χ4n) is 3.20. The van der Waals surface area contributed by atoms with Gasteiger partial charge in [0.2, 0.25) is 5.91 Å². The minimum Gasteiger partial charge on any atom is -0.486 e. The highest BCUT2D eigenvalue weighted by Gasteiger charge is 2.39. The zero-order chi connectivity index (χ0) is 18.4. The Balaban J connectivity index is 0.00000196. The number of carbonyl (C=O) groups is 1. The van der Waals surface area contributed by atoms with Crippen molar-refractivity contribution in [3.8, 4) is 5.75 Å². The third kappa shape index (κ3) is 5.85. The molecule has 1 aromatic carbocycles. The van der Waals surface area contributed by atoms with Gasteiger partial charge in [0.15, 0.2) is 0 Å². The molecule has 3 rings (SSSR count). The first-order valence-electron chi connectivity index (χ1n) is 8.83. The van der Waals surface area contributed by atoms with Crippen molar-refractivity contribution < 1.29 is 14.3 Å². The summed E-state index contributed by atoms with van der Waals surface area (Å²) in [5.41, 5.74) is 0.293. The first-order chi connectivity index (χ1) is 12.6. The number of aromatic nitrogens is 2. The minimum absolute atomic E-state index is 0. The highest BCUT2D eigenvalue weighted by molar-refractivity contribution is 5.95. The van der Waals surface area contributed by atoms with Gasteiger partial charge in [-0.2, -0.15) is 0 Å². The summed E-state index contributed by atoms with van der Waals surface area (Å²) in [6.07, 6.45) is 5.18. The molecule has 7 nitrogen and oxygen atoms in total. The van der Waals surface area contributed by atoms with Gasteiger partial charge in [-0.1, -0.05) is 0 Å². The van der Waals surface area contributed by atoms with Crippen LogP contribution < -0.4 is 15.4 Å². The maximum absolute atomic E-state index is 12.8. The van der Waals surface area contributed by atoms with Gasteiger partial charge in [0, 0.05) is 32.2 Å². The van der Waals surface area contributed by atoms with Crippen molar-refractivity contribution in [1.29, 1.82) is 0 Å². The Hall–Kier alpha value is -1.80. The lowest BCUT2D eigenvalue weighted by atomic mass is 9.78. The number of imidazole rings is 1. The molecule has 0 bridgehead atoms. The number of nitrogens with one attached hydrogen (secondary N) is 2. The maximum atomic E-state index is 12.8. The Morgan fingerprint density at radius 1 is 1.25 bits per heavy atom. The molecule has 0 radical (unpaired) electrons. The van der Waals surface area contributed by atoms with Crippen molar-refractivity contribution in [1.82, 2.24) is 14.9 Å². The molecule has 2 N–H and O–H groups in total. The molecule has 2 heterocycles. The summed E-state index contributed by atoms with van der Waals surface area (Å²) < 4.78 is 13.0. The van der Waals surface area contributed by atoms with Crippen LogP contribution in [-0.2, 0) is 23.2 Å². The Kier molecular flexibility index (Phi) is 9.75. The van der Waals surface area contributed by atoms with Crippen LogP contribution in [0.1, 0.15) is 18.7 Å². The molecule has 1 aliphatic heterocycles. The molecule has 1 aliphatic rings. The topological polar surface area (TPSA) is 77.4 Å². The van der Waals surface area contributed by atoms with Gasteiger partial charge in [0.1, 0.15) is 18.2 Å². The first-order valence-corrected chi connectivity index (χ1v) is 8.83. The van der Waals surface area contributed by atoms with E-state index in [9.17, 15) is 4.79 Å². The van der Waals surface area contributed by atoms with E-state index in [-0.39, 0.29) is 30.7 Å². The van der Waals surface area contributed by atoms with Crippen molar-refractivity contribution in [3.63, 3.8) is 0 Å². The zero-order valence-corrected chi connectivity index (χ0v) is 17.8. The van der Waals surface area contributed by atoms with Gasteiger partial charge in [-0.3, -0.25) is 4.79 Å². The maximum Gasteiger partial charge on any atom is 0.233 e. The number of nitrogens with zero attached hydrogens (tertiary/aromatic N) is 2. The van der Waals surface area contributed by atoms with Crippen molar-refractivity contribution in [2.24, 2.45) is 12.5 Å². The molecule has 2 aromatic rings. The van der Waals surface area contributed by atoms with Gasteiger partial charge in [0.25, 0.3) is 0 Å². The molecule has 0 aliphatic carbocycles. The van der Waals surface area contributed by atoms with E-state index in [1.54, 1.807) is 13.3 Å². The molecule has 1 aromatic heterocycles. The van der Waals surface area contributed by atoms with Crippen LogP contribution in [0.4, 0.5) is 5.69 Å². The van der Waals surface area contributed by atoms with E-state index < -0.39 is 5.41 Å². The Bertz CT molecular complexity index is 726. The number of rotatable bonds is 7. The average Bonchev–Trinajstić information content (AvgIpc) is 3.07. The Labute approximate surface area is 178 Å². The van der Waals surface area contributed by atoms with Crippen LogP contribution in [0.25, 0.3) is 0 Å². The summed E-state index contributed by atoms with van der Waals surface area (Å²) >= 11 is 0. The average molecular weight is 431 g/mol. The summed E-state index contributed by atoms with van der Waals surface area (Å²) in [4.78, 5) is 17.1. The summed E-state index contributed by atoms with van der Waals surface area (Å²) in [6.45, 7) is 2.50. The number of anilines is 1. The quantitative estimate of drug-likeness (QED) is 0.705. The number of piperidine rings is 1. The van der Waals surface area contributed by atoms with E-state index >= 15 is 0 Å². The largest absolute Gasteiger partial charge is 0.486 e. The molecule has 0 atom stereocenters. The molecule has 1 amide bonds. The lowest BCUT2D eigenvalue weighted by Crippen LogP contribution is -2.47. The summed E-state index contributed by atoms with van der Waals surface area (Å²) in [6, 6.07) is 7.41. The highest BCUT2D eigenvalue weighted by Crippen LogP contribution is 2.31. The molecule has 28 heavy (non-hydrogen) atoms. The number of aryl methyl sites for hydroxylation is 1. The molecule has 156 valence electrons. The predicted molar refractivity (Wildman–Crippen MR) is 114 cm³/mol. The predicted octanol–water partition coefficient (Wildman–Crippen LogP) is 2.80. The third-order valence-corrected chi connectivity index (χ3v) is 4.86. The number of hydrogen-bond acceptors (Lipinski definition) is 5. The summed E-state index contributed by atoms with van der Waals surface area (Å²) in [7, 11) is 3.58. The van der Waals surface area contributed by atoms with Crippen LogP contribution in [0.5, 0.6) is 5.75 Å². The monoisotopic (exact) mass is 430 g/mol. The lowest BCUT2D eigenvalue weighted by molar-refractivity contribution is -0.130. The van der Waals surface area contributed by atoms with Crippen molar-refractivity contribution >= 4 is 36.4 Å². The Morgan fingerprint density at radius 2 is 1.93 bits per heavy atom. The van der Waals surface area contributed by atoms with E-state index in [0.29, 0.717) is 13.2 Å². The van der Waals surface area contributed by atoms with Crippen LogP contribution in [0, 0.1) is 5.41 Å². The van der Waals surface area contributed by atoms with E-state index in [2.05, 4.69) is 15.6 Å². The molecule has 0 saturated carbocycles. The van der Waals surface area contributed by atoms with E-state index in [1.807, 2.05) is 42.1 Å². The smallest absolute Gasteiger partial charge is 0.233 e. The fourth-order valence-corrected chi connectivity index (χ4v) is 3.20. The first kappa shape index (κ1) is 24.2. The number of benzene rings is 1. The number of amides is 1. The minimum atomic E-state index is -0.465. The molecular formula is C19H28Cl2N4O3. The molecule has 1 saturated heterocycles. The SMILES string of the molecule is COCC1(C(=O)Nc2ccc(OCc3nccn3C)cc2)CCNCC1.Cl.Cl. The van der Waals surface area contributed by atoms with Crippen molar-refractivity contribution in [2.45, 2.75) is 19.4 Å². The number of hydrogen-bond donors (Lipinski definition) is 2. The van der Waals surface area contributed by atoms with Gasteiger partial charge in [-0.05, 0) is 50.2 Å². The number of carbonyl (C=O) groups excluding carboxylic acids is 1. The summed E-state index contributed by atoms with van der Waals surface area (Å²) in [5.74, 6) is 1.61. The molecule has 0 unspecified atom stereocenters. The van der Waals surface area contributed by atoms with E-state index in [1.165, 1.54) is 0 Å². The Morgan fingerprint density at radius 3 is 2.50 bits per heavy atom. The van der Waals surface area contributed by atoms with Gasteiger partial charge in [-0.15, -0.1) is 24.8 Å². The zero-order valence-electron chi connectivity index (χ0n) is 16.1. The van der Waals surface area contributed by atoms with Crippen molar-refractivity contribution in [2.75, 3.05) is 32.1 Å². The van der Waals surface area contributed by atoms with Gasteiger partial charge in [-0.25, -0.2) is 4.98 Å². The van der Waals surface area contributed by atoms with Crippen LogP contribution in [-0.4, -0.2) is 42.3 Å². The van der Waals surface area contributed by atoms with Gasteiger partial charge >= 0.3 is 0 Å². The standard InChI is InChI=1S/C19H26N4O3.2ClH/c1-23-12-11-21-17(23)13-26-16-5-3-15(4-6-16)22-18(24)19(14-25-2)7-9-20-10-8-19;;/h3-6,11-12,20H,7-10,13-14H2,1-2H3,(H,22,24);2*1H. The second-order valence-electron chi connectivity index (χ2n) is 6.68. The third-order valence-electron chi connectivity index (χ3n) is 4.86. The van der Waals surface area contributed by atoms with Crippen LogP contribution in [0.2, 0.25) is 0 Å². The van der Waals surface area contributed by atoms with E-state index in [0.717, 1.165) is 43.2 Å². The molecule has 0 spiro atoms. The lowest BCUT2D eigenvalue weighted by Gasteiger charge is -2.35. The second kappa shape index (κ2) is 11.3. The molecular weight excluding hydrogens is 403 g/mol. The van der Waals surface area contributed by atoms with Crippen LogP contribution in [0.15, 0.2) is 36.7 Å². The number of methoxy groups -OCH3 is 1. The molecule has 1 fully saturated rings. The van der Waals surface area contributed by atoms with Crippen LogP contribution >= 0.6 is 24.8 Å². The normalized spacial score (nSPS) is 15.1. The van der Waals surface area contributed by atoms with Gasteiger partial charge < -0.3 is 24.7 Å². The number of ether oxygens (including phenoxy) is 2. The molecule has 9 heteroatoms.